The van der Waals surface area contributed by atoms with Crippen LogP contribution in [-0.2, 0) is 11.3 Å². The third-order valence-corrected chi connectivity index (χ3v) is 4.13. The van der Waals surface area contributed by atoms with Crippen LogP contribution < -0.4 is 0 Å². The third kappa shape index (κ3) is 3.96. The maximum Gasteiger partial charge on any atom is 0.256 e. The molecule has 1 aliphatic rings. The van der Waals surface area contributed by atoms with E-state index in [9.17, 15) is 9.90 Å². The lowest BCUT2D eigenvalue weighted by Crippen LogP contribution is -2.57. The van der Waals surface area contributed by atoms with E-state index in [1.807, 2.05) is 37.1 Å². The number of nitrogens with zero attached hydrogens (tertiary/aromatic N) is 2. The molecule has 22 heavy (non-hydrogen) atoms. The number of likely N-dealkylation sites (N-methyl/N-ethyl adjacent to an activating group) is 1. The van der Waals surface area contributed by atoms with Crippen molar-refractivity contribution in [3.8, 4) is 0 Å². The maximum atomic E-state index is 12.7. The minimum absolute atomic E-state index is 0.156. The molecule has 0 spiro atoms. The Morgan fingerprint density at radius 3 is 2.95 bits per heavy atom. The van der Waals surface area contributed by atoms with E-state index in [4.69, 9.17) is 0 Å². The molecule has 1 heterocycles. The van der Waals surface area contributed by atoms with Crippen molar-refractivity contribution in [3.05, 3.63) is 48.0 Å². The van der Waals surface area contributed by atoms with E-state index in [2.05, 4.69) is 12.6 Å². The fourth-order valence-corrected chi connectivity index (χ4v) is 3.13. The van der Waals surface area contributed by atoms with Crippen molar-refractivity contribution >= 4 is 5.91 Å². The predicted octanol–water partition coefficient (Wildman–Crippen LogP) is 1.97. The molecule has 1 aromatic rings. The number of piperidine rings is 1. The van der Waals surface area contributed by atoms with Crippen molar-refractivity contribution in [2.45, 2.75) is 31.9 Å². The molecule has 1 amide bonds. The molecule has 0 bridgehead atoms. The summed E-state index contributed by atoms with van der Waals surface area (Å²) < 4.78 is 0. The van der Waals surface area contributed by atoms with Crippen LogP contribution in [0.25, 0.3) is 0 Å². The molecule has 2 rings (SSSR count). The first-order chi connectivity index (χ1) is 10.4. The Balaban J connectivity index is 2.07. The number of amides is 1. The van der Waals surface area contributed by atoms with Gasteiger partial charge in [0.25, 0.3) is 5.91 Å². The summed E-state index contributed by atoms with van der Waals surface area (Å²) in [7, 11) is 1.90. The number of likely N-dealkylation sites (tertiary alicyclic amines) is 1. The van der Waals surface area contributed by atoms with Crippen molar-refractivity contribution in [1.82, 2.24) is 9.80 Å². The number of rotatable bonds is 6. The van der Waals surface area contributed by atoms with Gasteiger partial charge in [0.2, 0.25) is 0 Å². The van der Waals surface area contributed by atoms with Crippen LogP contribution in [0.5, 0.6) is 0 Å². The van der Waals surface area contributed by atoms with Crippen LogP contribution in [-0.4, -0.2) is 53.1 Å². The molecule has 4 heteroatoms. The van der Waals surface area contributed by atoms with Gasteiger partial charge in [0.15, 0.2) is 5.60 Å². The standard InChI is InChI=1S/C18H26N2O2/c1-4-10-19(3)14-18(22)9-6-11-20(17(18)21)13-16-8-5-7-15(2)12-16/h4-5,7-8,12,22H,1,6,9-11,13-14H2,2-3H3. The van der Waals surface area contributed by atoms with Gasteiger partial charge in [-0.1, -0.05) is 35.9 Å². The second-order valence-electron chi connectivity index (χ2n) is 6.34. The summed E-state index contributed by atoms with van der Waals surface area (Å²) in [5, 5.41) is 10.8. The van der Waals surface area contributed by atoms with Gasteiger partial charge in [0.1, 0.15) is 0 Å². The number of hydrogen-bond donors (Lipinski definition) is 1. The predicted molar refractivity (Wildman–Crippen MR) is 88.5 cm³/mol. The molecule has 1 unspecified atom stereocenters. The summed E-state index contributed by atoms with van der Waals surface area (Å²) in [4.78, 5) is 16.4. The molecule has 1 fully saturated rings. The van der Waals surface area contributed by atoms with Gasteiger partial charge in [-0.3, -0.25) is 9.69 Å². The van der Waals surface area contributed by atoms with E-state index in [0.29, 0.717) is 32.6 Å². The molecule has 1 aliphatic heterocycles. The second-order valence-corrected chi connectivity index (χ2v) is 6.34. The molecule has 0 aliphatic carbocycles. The summed E-state index contributed by atoms with van der Waals surface area (Å²) in [5.74, 6) is -0.156. The lowest BCUT2D eigenvalue weighted by atomic mass is 9.90. The molecule has 1 aromatic carbocycles. The van der Waals surface area contributed by atoms with Crippen LogP contribution in [0, 0.1) is 6.92 Å². The Labute approximate surface area is 133 Å². The minimum atomic E-state index is -1.28. The minimum Gasteiger partial charge on any atom is -0.379 e. The van der Waals surface area contributed by atoms with E-state index < -0.39 is 5.60 Å². The summed E-state index contributed by atoms with van der Waals surface area (Å²) in [6, 6.07) is 8.16. The van der Waals surface area contributed by atoms with Crippen LogP contribution in [0.15, 0.2) is 36.9 Å². The van der Waals surface area contributed by atoms with Crippen molar-refractivity contribution < 1.29 is 9.90 Å². The Morgan fingerprint density at radius 2 is 2.27 bits per heavy atom. The SMILES string of the molecule is C=CCN(C)CC1(O)CCCN(Cc2cccc(C)c2)C1=O. The normalized spacial score (nSPS) is 22.2. The van der Waals surface area contributed by atoms with Gasteiger partial charge >= 0.3 is 0 Å². The molecular weight excluding hydrogens is 276 g/mol. The topological polar surface area (TPSA) is 43.8 Å². The first-order valence-corrected chi connectivity index (χ1v) is 7.81. The molecule has 4 nitrogen and oxygen atoms in total. The van der Waals surface area contributed by atoms with E-state index in [1.54, 1.807) is 11.0 Å². The zero-order chi connectivity index (χ0) is 16.2. The van der Waals surface area contributed by atoms with E-state index in [1.165, 1.54) is 5.56 Å². The number of carbonyl (C=O) groups excluding carboxylic acids is 1. The summed E-state index contributed by atoms with van der Waals surface area (Å²) in [5.41, 5.74) is 1.01. The Morgan fingerprint density at radius 1 is 1.50 bits per heavy atom. The fourth-order valence-electron chi connectivity index (χ4n) is 3.13. The number of benzene rings is 1. The first-order valence-electron chi connectivity index (χ1n) is 7.81. The zero-order valence-electron chi connectivity index (χ0n) is 13.6. The van der Waals surface area contributed by atoms with Gasteiger partial charge in [0, 0.05) is 26.2 Å². The van der Waals surface area contributed by atoms with Crippen LogP contribution in [0.3, 0.4) is 0 Å². The van der Waals surface area contributed by atoms with Crippen LogP contribution >= 0.6 is 0 Å². The fraction of sp³-hybridized carbons (Fsp3) is 0.500. The van der Waals surface area contributed by atoms with Gasteiger partial charge in [-0.2, -0.15) is 0 Å². The second kappa shape index (κ2) is 7.07. The largest absolute Gasteiger partial charge is 0.379 e. The Hall–Kier alpha value is -1.65. The van der Waals surface area contributed by atoms with E-state index in [0.717, 1.165) is 12.0 Å². The van der Waals surface area contributed by atoms with Gasteiger partial charge in [-0.25, -0.2) is 0 Å². The highest BCUT2D eigenvalue weighted by Gasteiger charge is 2.42. The van der Waals surface area contributed by atoms with Gasteiger partial charge in [-0.15, -0.1) is 6.58 Å². The lowest BCUT2D eigenvalue weighted by Gasteiger charge is -2.40. The average molecular weight is 302 g/mol. The van der Waals surface area contributed by atoms with Crippen molar-refractivity contribution in [1.29, 1.82) is 0 Å². The highest BCUT2D eigenvalue weighted by molar-refractivity contribution is 5.86. The van der Waals surface area contributed by atoms with Gasteiger partial charge < -0.3 is 10.0 Å². The third-order valence-electron chi connectivity index (χ3n) is 4.13. The summed E-state index contributed by atoms with van der Waals surface area (Å²) in [6.07, 6.45) is 3.13. The maximum absolute atomic E-state index is 12.7. The molecule has 0 saturated carbocycles. The molecule has 1 N–H and O–H groups in total. The number of carbonyl (C=O) groups is 1. The average Bonchev–Trinajstić information content (AvgIpc) is 2.44. The quantitative estimate of drug-likeness (QED) is 0.817. The van der Waals surface area contributed by atoms with Gasteiger partial charge in [0.05, 0.1) is 0 Å². The highest BCUT2D eigenvalue weighted by atomic mass is 16.3. The Kier molecular flexibility index (Phi) is 5.37. The molecule has 1 atom stereocenters. The summed E-state index contributed by atoms with van der Waals surface area (Å²) >= 11 is 0. The molecule has 120 valence electrons. The van der Waals surface area contributed by atoms with E-state index >= 15 is 0 Å². The van der Waals surface area contributed by atoms with E-state index in [-0.39, 0.29) is 5.91 Å². The van der Waals surface area contributed by atoms with Gasteiger partial charge in [-0.05, 0) is 32.4 Å². The molecule has 0 radical (unpaired) electrons. The van der Waals surface area contributed by atoms with Crippen LogP contribution in [0.4, 0.5) is 0 Å². The zero-order valence-corrected chi connectivity index (χ0v) is 13.6. The number of aryl methyl sites for hydroxylation is 1. The van der Waals surface area contributed by atoms with Crippen molar-refractivity contribution in [2.24, 2.45) is 0 Å². The monoisotopic (exact) mass is 302 g/mol. The van der Waals surface area contributed by atoms with Crippen molar-refractivity contribution in [3.63, 3.8) is 0 Å². The smallest absolute Gasteiger partial charge is 0.256 e. The van der Waals surface area contributed by atoms with Crippen molar-refractivity contribution in [2.75, 3.05) is 26.7 Å². The molecule has 0 aromatic heterocycles. The lowest BCUT2D eigenvalue weighted by molar-refractivity contribution is -0.159. The Bertz CT molecular complexity index is 544. The van der Waals surface area contributed by atoms with Crippen LogP contribution in [0.2, 0.25) is 0 Å². The highest BCUT2D eigenvalue weighted by Crippen LogP contribution is 2.25. The first kappa shape index (κ1) is 16.7. The molecular formula is C18H26N2O2. The molecule has 1 saturated heterocycles. The number of hydrogen-bond acceptors (Lipinski definition) is 3. The number of aliphatic hydroxyl groups is 1. The van der Waals surface area contributed by atoms with Crippen LogP contribution in [0.1, 0.15) is 24.0 Å². The summed E-state index contributed by atoms with van der Waals surface area (Å²) in [6.45, 7) is 8.02.